The molecule has 0 aliphatic rings. The van der Waals surface area contributed by atoms with Crippen molar-refractivity contribution in [3.05, 3.63) is 59.7 Å². The summed E-state index contributed by atoms with van der Waals surface area (Å²) < 4.78 is 0. The van der Waals surface area contributed by atoms with Gasteiger partial charge in [-0.1, -0.05) is 49.0 Å². The molecule has 0 heterocycles. The predicted molar refractivity (Wildman–Crippen MR) is 75.9 cm³/mol. The predicted octanol–water partition coefficient (Wildman–Crippen LogP) is 5.14. The lowest BCUT2D eigenvalue weighted by atomic mass is 10.1. The number of halogens is 1. The van der Waals surface area contributed by atoms with Crippen LogP contribution < -0.4 is 0 Å². The van der Waals surface area contributed by atoms with Gasteiger partial charge in [-0.2, -0.15) is 0 Å². The summed E-state index contributed by atoms with van der Waals surface area (Å²) >= 11 is 7.68. The molecule has 0 saturated heterocycles. The van der Waals surface area contributed by atoms with E-state index in [2.05, 4.69) is 49.4 Å². The Balaban J connectivity index is 2.26. The molecule has 88 valence electrons. The SMILES string of the molecule is CCc1cc(CCl)ccc1Sc1ccccc1. The highest BCUT2D eigenvalue weighted by Crippen LogP contribution is 2.31. The second-order valence-electron chi connectivity index (χ2n) is 3.84. The number of hydrogen-bond donors (Lipinski definition) is 0. The Morgan fingerprint density at radius 2 is 1.82 bits per heavy atom. The molecule has 2 heteroatoms. The third-order valence-corrected chi connectivity index (χ3v) is 4.07. The van der Waals surface area contributed by atoms with Crippen LogP contribution in [-0.4, -0.2) is 0 Å². The molecular weight excluding hydrogens is 248 g/mol. The van der Waals surface area contributed by atoms with Crippen LogP contribution in [0.25, 0.3) is 0 Å². The van der Waals surface area contributed by atoms with Gasteiger partial charge in [-0.15, -0.1) is 11.6 Å². The largest absolute Gasteiger partial charge is 0.122 e. The first-order valence-electron chi connectivity index (χ1n) is 5.74. The summed E-state index contributed by atoms with van der Waals surface area (Å²) in [6, 6.07) is 17.0. The van der Waals surface area contributed by atoms with Crippen molar-refractivity contribution in [1.29, 1.82) is 0 Å². The molecule has 0 amide bonds. The monoisotopic (exact) mass is 262 g/mol. The maximum atomic E-state index is 5.86. The Morgan fingerprint density at radius 3 is 2.47 bits per heavy atom. The highest BCUT2D eigenvalue weighted by atomic mass is 35.5. The standard InChI is InChI=1S/C15H15ClS/c1-2-13-10-12(11-16)8-9-15(13)17-14-6-4-3-5-7-14/h3-10H,2,11H2,1H3. The van der Waals surface area contributed by atoms with E-state index in [1.165, 1.54) is 20.9 Å². The molecule has 0 nitrogen and oxygen atoms in total. The van der Waals surface area contributed by atoms with Crippen molar-refractivity contribution in [2.24, 2.45) is 0 Å². The molecule has 17 heavy (non-hydrogen) atoms. The van der Waals surface area contributed by atoms with E-state index in [0.717, 1.165) is 6.42 Å². The van der Waals surface area contributed by atoms with Gasteiger partial charge in [0.25, 0.3) is 0 Å². The van der Waals surface area contributed by atoms with Crippen molar-refractivity contribution in [3.63, 3.8) is 0 Å². The first-order chi connectivity index (χ1) is 8.33. The number of benzene rings is 2. The average Bonchev–Trinajstić information content (AvgIpc) is 2.40. The van der Waals surface area contributed by atoms with E-state index >= 15 is 0 Å². The van der Waals surface area contributed by atoms with Gasteiger partial charge >= 0.3 is 0 Å². The van der Waals surface area contributed by atoms with E-state index in [9.17, 15) is 0 Å². The Bertz CT molecular complexity index is 480. The molecular formula is C15H15ClS. The number of rotatable bonds is 4. The summed E-state index contributed by atoms with van der Waals surface area (Å²) in [6.45, 7) is 2.18. The van der Waals surface area contributed by atoms with Gasteiger partial charge in [0.2, 0.25) is 0 Å². The molecule has 2 aromatic rings. The lowest BCUT2D eigenvalue weighted by molar-refractivity contribution is 1.07. The van der Waals surface area contributed by atoms with Crippen LogP contribution in [-0.2, 0) is 12.3 Å². The van der Waals surface area contributed by atoms with E-state index in [1.807, 2.05) is 17.8 Å². The Morgan fingerprint density at radius 1 is 1.06 bits per heavy atom. The average molecular weight is 263 g/mol. The van der Waals surface area contributed by atoms with Crippen LogP contribution in [0.4, 0.5) is 0 Å². The molecule has 0 unspecified atom stereocenters. The van der Waals surface area contributed by atoms with Crippen LogP contribution in [0.1, 0.15) is 18.1 Å². The normalized spacial score (nSPS) is 10.5. The van der Waals surface area contributed by atoms with Crippen molar-refractivity contribution in [2.75, 3.05) is 0 Å². The molecule has 0 spiro atoms. The Labute approximate surface area is 112 Å². The van der Waals surface area contributed by atoms with E-state index in [1.54, 1.807) is 0 Å². The minimum atomic E-state index is 0.587. The molecule has 2 aromatic carbocycles. The third kappa shape index (κ3) is 3.27. The Hall–Kier alpha value is -0.920. The number of alkyl halides is 1. The summed E-state index contributed by atoms with van der Waals surface area (Å²) in [5.41, 5.74) is 2.57. The van der Waals surface area contributed by atoms with Crippen molar-refractivity contribution in [1.82, 2.24) is 0 Å². The van der Waals surface area contributed by atoms with Crippen molar-refractivity contribution < 1.29 is 0 Å². The Kier molecular flexibility index (Phi) is 4.52. The van der Waals surface area contributed by atoms with Gasteiger partial charge in [-0.25, -0.2) is 0 Å². The lowest BCUT2D eigenvalue weighted by Crippen LogP contribution is -1.88. The van der Waals surface area contributed by atoms with Crippen LogP contribution in [0.15, 0.2) is 58.3 Å². The molecule has 0 aliphatic carbocycles. The molecule has 0 aromatic heterocycles. The highest BCUT2D eigenvalue weighted by molar-refractivity contribution is 7.99. The smallest absolute Gasteiger partial charge is 0.0474 e. The maximum Gasteiger partial charge on any atom is 0.0474 e. The fourth-order valence-corrected chi connectivity index (χ4v) is 2.89. The van der Waals surface area contributed by atoms with E-state index in [0.29, 0.717) is 5.88 Å². The van der Waals surface area contributed by atoms with Gasteiger partial charge in [0, 0.05) is 15.7 Å². The quantitative estimate of drug-likeness (QED) is 0.688. The molecule has 0 saturated carbocycles. The number of hydrogen-bond acceptors (Lipinski definition) is 1. The van der Waals surface area contributed by atoms with Crippen LogP contribution in [0.5, 0.6) is 0 Å². The molecule has 0 radical (unpaired) electrons. The van der Waals surface area contributed by atoms with E-state index in [4.69, 9.17) is 11.6 Å². The molecule has 0 atom stereocenters. The second-order valence-corrected chi connectivity index (χ2v) is 5.23. The third-order valence-electron chi connectivity index (χ3n) is 2.63. The van der Waals surface area contributed by atoms with Crippen molar-refractivity contribution >= 4 is 23.4 Å². The van der Waals surface area contributed by atoms with Gasteiger partial charge in [0.15, 0.2) is 0 Å². The maximum absolute atomic E-state index is 5.86. The minimum absolute atomic E-state index is 0.587. The zero-order valence-corrected chi connectivity index (χ0v) is 11.4. The molecule has 0 bridgehead atoms. The fraction of sp³-hybridized carbons (Fsp3) is 0.200. The molecule has 0 N–H and O–H groups in total. The minimum Gasteiger partial charge on any atom is -0.122 e. The first kappa shape index (κ1) is 12.5. The van der Waals surface area contributed by atoms with Gasteiger partial charge in [-0.3, -0.25) is 0 Å². The summed E-state index contributed by atoms with van der Waals surface area (Å²) in [5, 5.41) is 0. The van der Waals surface area contributed by atoms with Crippen molar-refractivity contribution in [2.45, 2.75) is 29.0 Å². The van der Waals surface area contributed by atoms with Gasteiger partial charge < -0.3 is 0 Å². The van der Waals surface area contributed by atoms with Crippen LogP contribution in [0, 0.1) is 0 Å². The highest BCUT2D eigenvalue weighted by Gasteiger charge is 2.04. The van der Waals surface area contributed by atoms with Gasteiger partial charge in [0.05, 0.1) is 0 Å². The summed E-state index contributed by atoms with van der Waals surface area (Å²) in [7, 11) is 0. The van der Waals surface area contributed by atoms with Crippen LogP contribution in [0.2, 0.25) is 0 Å². The summed E-state index contributed by atoms with van der Waals surface area (Å²) in [5.74, 6) is 0.587. The molecule has 0 fully saturated rings. The zero-order chi connectivity index (χ0) is 12.1. The summed E-state index contributed by atoms with van der Waals surface area (Å²) in [6.07, 6.45) is 1.04. The molecule has 0 aliphatic heterocycles. The van der Waals surface area contributed by atoms with Crippen molar-refractivity contribution in [3.8, 4) is 0 Å². The lowest BCUT2D eigenvalue weighted by Gasteiger charge is -2.09. The van der Waals surface area contributed by atoms with E-state index in [-0.39, 0.29) is 0 Å². The fourth-order valence-electron chi connectivity index (χ4n) is 1.71. The first-order valence-corrected chi connectivity index (χ1v) is 7.09. The van der Waals surface area contributed by atoms with Crippen LogP contribution >= 0.6 is 23.4 Å². The summed E-state index contributed by atoms with van der Waals surface area (Å²) in [4.78, 5) is 2.60. The van der Waals surface area contributed by atoms with E-state index < -0.39 is 0 Å². The number of aryl methyl sites for hydroxylation is 1. The topological polar surface area (TPSA) is 0 Å². The van der Waals surface area contributed by atoms with Crippen LogP contribution in [0.3, 0.4) is 0 Å². The molecule has 2 rings (SSSR count). The second kappa shape index (κ2) is 6.13. The zero-order valence-electron chi connectivity index (χ0n) is 9.82. The van der Waals surface area contributed by atoms with Gasteiger partial charge in [0.1, 0.15) is 0 Å². The van der Waals surface area contributed by atoms with Gasteiger partial charge in [-0.05, 0) is 35.7 Å².